The average molecular weight is 484 g/mol. The van der Waals surface area contributed by atoms with Gasteiger partial charge >= 0.3 is 0 Å². The van der Waals surface area contributed by atoms with Gasteiger partial charge in [-0.3, -0.25) is 9.59 Å². The molecule has 2 saturated heterocycles. The molecule has 176 valence electrons. The molecule has 3 atom stereocenters. The first-order chi connectivity index (χ1) is 16.3. The summed E-state index contributed by atoms with van der Waals surface area (Å²) in [4.78, 5) is 31.8. The van der Waals surface area contributed by atoms with Gasteiger partial charge in [0, 0.05) is 23.8 Å². The summed E-state index contributed by atoms with van der Waals surface area (Å²) in [5, 5.41) is 6.65. The van der Waals surface area contributed by atoms with E-state index in [2.05, 4.69) is 27.6 Å². The number of nitrogens with two attached hydrogens (primary N) is 1. The Labute approximate surface area is 199 Å². The van der Waals surface area contributed by atoms with Crippen molar-refractivity contribution in [1.29, 1.82) is 0 Å². The van der Waals surface area contributed by atoms with Crippen molar-refractivity contribution in [2.24, 2.45) is 5.92 Å². The molecule has 10 heteroatoms. The van der Waals surface area contributed by atoms with Gasteiger partial charge in [-0.25, -0.2) is 13.8 Å². The van der Waals surface area contributed by atoms with E-state index in [1.807, 2.05) is 0 Å². The van der Waals surface area contributed by atoms with Crippen LogP contribution in [0.15, 0.2) is 42.5 Å². The van der Waals surface area contributed by atoms with E-state index < -0.39 is 23.0 Å². The van der Waals surface area contributed by atoms with E-state index in [-0.39, 0.29) is 28.6 Å². The highest BCUT2D eigenvalue weighted by atomic mass is 32.1. The molecule has 5 rings (SSSR count). The van der Waals surface area contributed by atoms with Crippen LogP contribution in [0, 0.1) is 17.6 Å². The summed E-state index contributed by atoms with van der Waals surface area (Å²) >= 11 is 0.904. The summed E-state index contributed by atoms with van der Waals surface area (Å²) < 4.78 is 28.0. The van der Waals surface area contributed by atoms with Crippen LogP contribution in [0.25, 0.3) is 0 Å². The predicted octanol–water partition coefficient (Wildman–Crippen LogP) is 3.45. The fourth-order valence-corrected chi connectivity index (χ4v) is 5.31. The number of carbonyl (C=O) groups excluding carboxylic acids is 2. The molecular weight excluding hydrogens is 460 g/mol. The van der Waals surface area contributed by atoms with Crippen LogP contribution in [0.4, 0.5) is 25.4 Å². The third-order valence-corrected chi connectivity index (χ3v) is 7.30. The van der Waals surface area contributed by atoms with E-state index in [0.717, 1.165) is 43.0 Å². The van der Waals surface area contributed by atoms with Crippen molar-refractivity contribution in [3.8, 4) is 0 Å². The van der Waals surface area contributed by atoms with E-state index in [4.69, 9.17) is 5.73 Å². The Balaban J connectivity index is 1.25. The fraction of sp³-hybridized carbons (Fsp3) is 0.292. The lowest BCUT2D eigenvalue weighted by Gasteiger charge is -2.08. The Hall–Kier alpha value is -3.21. The highest BCUT2D eigenvalue weighted by Crippen LogP contribution is 2.32. The second kappa shape index (κ2) is 8.86. The molecule has 2 aromatic carbocycles. The van der Waals surface area contributed by atoms with Gasteiger partial charge in [-0.1, -0.05) is 17.4 Å². The average Bonchev–Trinajstić information content (AvgIpc) is 3.35. The molecule has 2 aliphatic rings. The molecule has 3 aromatic rings. The summed E-state index contributed by atoms with van der Waals surface area (Å²) in [6.45, 7) is 2.07. The summed E-state index contributed by atoms with van der Waals surface area (Å²) in [5.74, 6) is -2.32. The minimum atomic E-state index is -0.958. The van der Waals surface area contributed by atoms with Crippen molar-refractivity contribution in [3.63, 3.8) is 0 Å². The monoisotopic (exact) mass is 483 g/mol. The fourth-order valence-electron chi connectivity index (χ4n) is 4.46. The van der Waals surface area contributed by atoms with Gasteiger partial charge in [0.05, 0.1) is 11.6 Å². The zero-order valence-corrected chi connectivity index (χ0v) is 19.2. The number of likely N-dealkylation sites (tertiary alicyclic amines) is 1. The molecular formula is C24H23F2N5O2S. The quantitative estimate of drug-likeness (QED) is 0.349. The lowest BCUT2D eigenvalue weighted by Crippen LogP contribution is -2.20. The normalized spacial score (nSPS) is 22.0. The van der Waals surface area contributed by atoms with Crippen molar-refractivity contribution >= 4 is 39.5 Å². The predicted molar refractivity (Wildman–Crippen MR) is 127 cm³/mol. The van der Waals surface area contributed by atoms with Crippen LogP contribution in [0.2, 0.25) is 0 Å². The van der Waals surface area contributed by atoms with E-state index in [0.29, 0.717) is 22.3 Å². The van der Waals surface area contributed by atoms with Crippen molar-refractivity contribution in [3.05, 3.63) is 70.1 Å². The largest absolute Gasteiger partial charge is 0.382 e. The van der Waals surface area contributed by atoms with Gasteiger partial charge in [0.1, 0.15) is 22.3 Å². The topological polar surface area (TPSA) is 110 Å². The number of hydrogen-bond acceptors (Lipinski definition) is 8. The van der Waals surface area contributed by atoms with Crippen LogP contribution in [-0.4, -0.2) is 53.7 Å². The van der Waals surface area contributed by atoms with E-state index in [1.54, 1.807) is 24.3 Å². The molecule has 0 spiro atoms. The van der Waals surface area contributed by atoms with Crippen LogP contribution < -0.4 is 16.4 Å². The van der Waals surface area contributed by atoms with Crippen LogP contribution in [0.1, 0.15) is 32.0 Å². The Morgan fingerprint density at radius 2 is 1.88 bits per heavy atom. The molecule has 0 aliphatic carbocycles. The molecule has 34 heavy (non-hydrogen) atoms. The molecule has 0 radical (unpaired) electrons. The number of ketones is 2. The zero-order chi connectivity index (χ0) is 24.0. The molecule has 0 amide bonds. The Kier molecular flexibility index (Phi) is 5.88. The maximum atomic E-state index is 14.0. The van der Waals surface area contributed by atoms with Crippen LogP contribution in [0.3, 0.4) is 0 Å². The summed E-state index contributed by atoms with van der Waals surface area (Å²) in [5.41, 5.74) is 6.44. The number of carbonyl (C=O) groups is 2. The highest BCUT2D eigenvalue weighted by Gasteiger charge is 2.48. The molecule has 0 bridgehead atoms. The second-order valence-electron chi connectivity index (χ2n) is 8.71. The number of hydrogen-bond donors (Lipinski definition) is 3. The molecule has 2 fully saturated rings. The van der Waals surface area contributed by atoms with Gasteiger partial charge in [0.25, 0.3) is 0 Å². The number of aromatic nitrogens is 1. The molecule has 1 aromatic heterocycles. The first-order valence-electron chi connectivity index (χ1n) is 10.9. The number of Topliss-reactive ketones (excluding diaryl/α,β-unsaturated/α-hetero) is 1. The molecule has 4 N–H and O–H groups in total. The van der Waals surface area contributed by atoms with Crippen LogP contribution in [0.5, 0.6) is 0 Å². The van der Waals surface area contributed by atoms with E-state index in [1.165, 1.54) is 6.07 Å². The van der Waals surface area contributed by atoms with Crippen LogP contribution >= 0.6 is 11.3 Å². The number of benzene rings is 2. The zero-order valence-electron chi connectivity index (χ0n) is 18.3. The maximum absolute atomic E-state index is 14.0. The summed E-state index contributed by atoms with van der Waals surface area (Å²) in [7, 11) is 2.10. The minimum absolute atomic E-state index is 0.0540. The molecule has 7 nitrogen and oxygen atoms in total. The van der Waals surface area contributed by atoms with E-state index >= 15 is 0 Å². The maximum Gasteiger partial charge on any atom is 0.212 e. The SMILES string of the molecule is CN1CC[C@@H](C2NC2C(=O)c2ccc(Nc3nc(N)c(C(=O)c4c(F)cccc4F)s3)cc2)C1. The van der Waals surface area contributed by atoms with Crippen molar-refractivity contribution in [2.45, 2.75) is 18.5 Å². The van der Waals surface area contributed by atoms with E-state index in [9.17, 15) is 18.4 Å². The van der Waals surface area contributed by atoms with Gasteiger partial charge in [-0.2, -0.15) is 0 Å². The number of nitrogens with one attached hydrogen (secondary N) is 2. The summed E-state index contributed by atoms with van der Waals surface area (Å²) in [6.07, 6.45) is 1.10. The molecule has 3 heterocycles. The number of halogens is 2. The number of nitrogens with zero attached hydrogens (tertiary/aromatic N) is 2. The number of nitrogen functional groups attached to an aromatic ring is 1. The highest BCUT2D eigenvalue weighted by molar-refractivity contribution is 7.18. The van der Waals surface area contributed by atoms with Gasteiger partial charge < -0.3 is 21.3 Å². The van der Waals surface area contributed by atoms with Gasteiger partial charge in [0.15, 0.2) is 10.9 Å². The first-order valence-corrected chi connectivity index (χ1v) is 11.7. The lowest BCUT2D eigenvalue weighted by molar-refractivity contribution is 0.0984. The number of rotatable bonds is 7. The van der Waals surface area contributed by atoms with Gasteiger partial charge in [0.2, 0.25) is 5.78 Å². The standard InChI is InChI=1S/C24H23F2N5O2S/c1-31-10-9-13(11-31)18-19(29-18)20(32)12-5-7-14(8-6-12)28-24-30-23(27)22(34-24)21(33)17-15(25)3-2-4-16(17)26/h2-8,13,18-19,29H,9-11,27H2,1H3,(H,28,30)/t13-,18?,19?/m1/s1. The van der Waals surface area contributed by atoms with Gasteiger partial charge in [-0.05, 0) is 62.3 Å². The van der Waals surface area contributed by atoms with Crippen molar-refractivity contribution < 1.29 is 18.4 Å². The molecule has 0 saturated carbocycles. The van der Waals surface area contributed by atoms with Gasteiger partial charge in [-0.15, -0.1) is 0 Å². The number of thiazole rings is 1. The summed E-state index contributed by atoms with van der Waals surface area (Å²) in [6, 6.07) is 10.3. The Morgan fingerprint density at radius 1 is 1.18 bits per heavy atom. The number of anilines is 3. The molecule has 2 aliphatic heterocycles. The minimum Gasteiger partial charge on any atom is -0.382 e. The lowest BCUT2D eigenvalue weighted by atomic mass is 9.98. The Bertz CT molecular complexity index is 1240. The first kappa shape index (κ1) is 22.6. The van der Waals surface area contributed by atoms with Crippen molar-refractivity contribution in [2.75, 3.05) is 31.2 Å². The third-order valence-electron chi connectivity index (χ3n) is 6.31. The third kappa shape index (κ3) is 4.31. The van der Waals surface area contributed by atoms with Crippen LogP contribution in [-0.2, 0) is 0 Å². The molecule has 2 unspecified atom stereocenters. The van der Waals surface area contributed by atoms with Crippen molar-refractivity contribution in [1.82, 2.24) is 15.2 Å². The second-order valence-corrected chi connectivity index (χ2v) is 9.71. The smallest absolute Gasteiger partial charge is 0.212 e. The Morgan fingerprint density at radius 3 is 2.53 bits per heavy atom.